The highest BCUT2D eigenvalue weighted by molar-refractivity contribution is 6.06. The number of hydrazone groups is 1. The normalized spacial score (nSPS) is 11.0. The van der Waals surface area contributed by atoms with Crippen LogP contribution in [0.2, 0.25) is 0 Å². The van der Waals surface area contributed by atoms with Gasteiger partial charge in [-0.1, -0.05) is 30.3 Å². The van der Waals surface area contributed by atoms with Gasteiger partial charge in [0.1, 0.15) is 11.4 Å². The minimum absolute atomic E-state index is 0.0767. The average Bonchev–Trinajstić information content (AvgIpc) is 2.55. The van der Waals surface area contributed by atoms with Crippen molar-refractivity contribution in [1.82, 2.24) is 10.4 Å². The molecular weight excluding hydrogens is 311 g/mol. The van der Waals surface area contributed by atoms with Crippen LogP contribution in [0.15, 0.2) is 58.4 Å². The number of hydrogen-bond donors (Lipinski definition) is 3. The van der Waals surface area contributed by atoms with Crippen molar-refractivity contribution in [2.24, 2.45) is 5.10 Å². The highest BCUT2D eigenvalue weighted by Crippen LogP contribution is 2.19. The highest BCUT2D eigenvalue weighted by Gasteiger charge is 2.16. The molecule has 0 atom stereocenters. The smallest absolute Gasteiger partial charge is 0.279 e. The summed E-state index contributed by atoms with van der Waals surface area (Å²) >= 11 is 0. The molecule has 0 bridgehead atoms. The van der Waals surface area contributed by atoms with Gasteiger partial charge in [-0.25, -0.2) is 9.82 Å². The molecule has 3 aromatic rings. The molecule has 0 unspecified atom stereocenters. The van der Waals surface area contributed by atoms with Gasteiger partial charge >= 0.3 is 0 Å². The van der Waals surface area contributed by atoms with E-state index in [1.165, 1.54) is 24.4 Å². The van der Waals surface area contributed by atoms with Gasteiger partial charge in [0.25, 0.3) is 11.5 Å². The zero-order chi connectivity index (χ0) is 17.1. The number of benzene rings is 2. The fraction of sp³-hybridized carbons (Fsp3) is 0. The minimum Gasteiger partial charge on any atom is -0.397 e. The molecule has 0 saturated carbocycles. The number of aromatic amines is 1. The van der Waals surface area contributed by atoms with Crippen LogP contribution >= 0.6 is 0 Å². The standard InChI is InChI=1S/C17H13FN4O2/c18-11-5-3-4-10(8-11)9-20-22-17(24)14-15(19)12-6-1-2-7-13(12)21-16(14)23/h1-9H,(H,22,24)(H3,19,21,23)/b20-9-. The van der Waals surface area contributed by atoms with E-state index < -0.39 is 17.3 Å². The third-order valence-electron chi connectivity index (χ3n) is 3.42. The lowest BCUT2D eigenvalue weighted by atomic mass is 10.1. The molecule has 7 heteroatoms. The van der Waals surface area contributed by atoms with Gasteiger partial charge in [0, 0.05) is 5.39 Å². The Labute approximate surface area is 135 Å². The third kappa shape index (κ3) is 3.00. The quantitative estimate of drug-likeness (QED) is 0.507. The molecule has 0 aliphatic carbocycles. The number of anilines is 1. The van der Waals surface area contributed by atoms with Crippen LogP contribution in [-0.2, 0) is 0 Å². The predicted molar refractivity (Wildman–Crippen MR) is 90.4 cm³/mol. The molecule has 0 aliphatic rings. The number of pyridine rings is 1. The fourth-order valence-corrected chi connectivity index (χ4v) is 2.30. The first-order valence-corrected chi connectivity index (χ1v) is 7.06. The Morgan fingerprint density at radius 2 is 2.00 bits per heavy atom. The maximum absolute atomic E-state index is 13.1. The number of nitrogens with two attached hydrogens (primary N) is 1. The van der Waals surface area contributed by atoms with Crippen molar-refractivity contribution in [3.63, 3.8) is 0 Å². The summed E-state index contributed by atoms with van der Waals surface area (Å²) in [6.07, 6.45) is 1.27. The Morgan fingerprint density at radius 1 is 1.21 bits per heavy atom. The van der Waals surface area contributed by atoms with Crippen molar-refractivity contribution in [2.45, 2.75) is 0 Å². The second-order valence-electron chi connectivity index (χ2n) is 5.04. The van der Waals surface area contributed by atoms with Crippen molar-refractivity contribution in [3.8, 4) is 0 Å². The Balaban J connectivity index is 1.88. The molecule has 0 radical (unpaired) electrons. The van der Waals surface area contributed by atoms with Gasteiger partial charge in [-0.05, 0) is 23.8 Å². The second kappa shape index (κ2) is 6.33. The van der Waals surface area contributed by atoms with Crippen LogP contribution < -0.4 is 16.7 Å². The molecule has 0 fully saturated rings. The van der Waals surface area contributed by atoms with Crippen LogP contribution in [0.4, 0.5) is 10.1 Å². The molecule has 120 valence electrons. The van der Waals surface area contributed by atoms with E-state index in [2.05, 4.69) is 15.5 Å². The van der Waals surface area contributed by atoms with E-state index in [9.17, 15) is 14.0 Å². The monoisotopic (exact) mass is 324 g/mol. The van der Waals surface area contributed by atoms with Gasteiger partial charge < -0.3 is 10.7 Å². The van der Waals surface area contributed by atoms with Crippen LogP contribution in [0.1, 0.15) is 15.9 Å². The third-order valence-corrected chi connectivity index (χ3v) is 3.42. The molecule has 1 amide bonds. The van der Waals surface area contributed by atoms with Crippen molar-refractivity contribution in [2.75, 3.05) is 5.73 Å². The number of nitrogens with one attached hydrogen (secondary N) is 2. The summed E-state index contributed by atoms with van der Waals surface area (Å²) < 4.78 is 13.1. The van der Waals surface area contributed by atoms with Crippen LogP contribution in [0.3, 0.4) is 0 Å². The maximum Gasteiger partial charge on any atom is 0.279 e. The number of carbonyl (C=O) groups is 1. The number of para-hydroxylation sites is 1. The largest absolute Gasteiger partial charge is 0.397 e. The van der Waals surface area contributed by atoms with Crippen molar-refractivity contribution >= 4 is 28.7 Å². The molecule has 1 aromatic heterocycles. The molecule has 4 N–H and O–H groups in total. The van der Waals surface area contributed by atoms with Gasteiger partial charge in [-0.2, -0.15) is 5.10 Å². The van der Waals surface area contributed by atoms with E-state index in [-0.39, 0.29) is 11.3 Å². The summed E-state index contributed by atoms with van der Waals surface area (Å²) in [5, 5.41) is 4.29. The average molecular weight is 324 g/mol. The summed E-state index contributed by atoms with van der Waals surface area (Å²) in [6.45, 7) is 0. The maximum atomic E-state index is 13.1. The minimum atomic E-state index is -0.743. The number of fused-ring (bicyclic) bond motifs is 1. The van der Waals surface area contributed by atoms with Crippen LogP contribution in [-0.4, -0.2) is 17.1 Å². The molecule has 1 heterocycles. The Hall–Kier alpha value is -3.48. The first-order chi connectivity index (χ1) is 11.6. The highest BCUT2D eigenvalue weighted by atomic mass is 19.1. The number of H-pyrrole nitrogens is 1. The number of rotatable bonds is 3. The molecule has 0 saturated heterocycles. The number of aromatic nitrogens is 1. The Bertz CT molecular complexity index is 1010. The van der Waals surface area contributed by atoms with Gasteiger partial charge in [0.05, 0.1) is 17.4 Å². The summed E-state index contributed by atoms with van der Waals surface area (Å²) in [7, 11) is 0. The van der Waals surface area contributed by atoms with Gasteiger partial charge in [-0.15, -0.1) is 0 Å². The number of nitrogens with zero attached hydrogens (tertiary/aromatic N) is 1. The van der Waals surface area contributed by atoms with E-state index in [1.54, 1.807) is 30.3 Å². The first kappa shape index (κ1) is 15.4. The lowest BCUT2D eigenvalue weighted by Gasteiger charge is -2.07. The van der Waals surface area contributed by atoms with Crippen LogP contribution in [0.5, 0.6) is 0 Å². The zero-order valence-corrected chi connectivity index (χ0v) is 12.4. The molecule has 6 nitrogen and oxygen atoms in total. The first-order valence-electron chi connectivity index (χ1n) is 7.06. The predicted octanol–water partition coefficient (Wildman–Crippen LogP) is 2.01. The van der Waals surface area contributed by atoms with Crippen molar-refractivity contribution in [1.29, 1.82) is 0 Å². The molecule has 2 aromatic carbocycles. The lowest BCUT2D eigenvalue weighted by molar-refractivity contribution is 0.0954. The van der Waals surface area contributed by atoms with Crippen LogP contribution in [0.25, 0.3) is 10.9 Å². The van der Waals surface area contributed by atoms with E-state index in [1.807, 2.05) is 0 Å². The Kier molecular flexibility index (Phi) is 4.07. The molecule has 3 rings (SSSR count). The summed E-state index contributed by atoms with van der Waals surface area (Å²) in [6, 6.07) is 12.6. The van der Waals surface area contributed by atoms with Gasteiger partial charge in [-0.3, -0.25) is 9.59 Å². The number of amides is 1. The number of halogens is 1. The zero-order valence-electron chi connectivity index (χ0n) is 12.4. The second-order valence-corrected chi connectivity index (χ2v) is 5.04. The Morgan fingerprint density at radius 3 is 2.79 bits per heavy atom. The molecule has 24 heavy (non-hydrogen) atoms. The van der Waals surface area contributed by atoms with E-state index in [4.69, 9.17) is 5.73 Å². The number of hydrogen-bond acceptors (Lipinski definition) is 4. The van der Waals surface area contributed by atoms with Gasteiger partial charge in [0.15, 0.2) is 0 Å². The molecule has 0 spiro atoms. The van der Waals surface area contributed by atoms with Crippen LogP contribution in [0, 0.1) is 5.82 Å². The van der Waals surface area contributed by atoms with E-state index in [0.29, 0.717) is 16.5 Å². The topological polar surface area (TPSA) is 100 Å². The van der Waals surface area contributed by atoms with Crippen molar-refractivity contribution in [3.05, 3.63) is 75.8 Å². The van der Waals surface area contributed by atoms with Crippen molar-refractivity contribution < 1.29 is 9.18 Å². The van der Waals surface area contributed by atoms with E-state index >= 15 is 0 Å². The van der Waals surface area contributed by atoms with E-state index in [0.717, 1.165) is 0 Å². The summed E-state index contributed by atoms with van der Waals surface area (Å²) in [4.78, 5) is 26.9. The van der Waals surface area contributed by atoms with Gasteiger partial charge in [0.2, 0.25) is 0 Å². The lowest BCUT2D eigenvalue weighted by Crippen LogP contribution is -2.28. The summed E-state index contributed by atoms with van der Waals surface area (Å²) in [5.74, 6) is -1.16. The summed E-state index contributed by atoms with van der Waals surface area (Å²) in [5.41, 5.74) is 8.42. The SMILES string of the molecule is Nc1c(C(=O)N/N=C\c2cccc(F)c2)c(=O)[nH]c2ccccc12. The fourth-order valence-electron chi connectivity index (χ4n) is 2.30. The number of nitrogen functional groups attached to an aromatic ring is 1. The molecular formula is C17H13FN4O2. The number of carbonyl (C=O) groups excluding carboxylic acids is 1. The molecule has 0 aliphatic heterocycles.